The lowest BCUT2D eigenvalue weighted by molar-refractivity contribution is -0.00194. The molecule has 2 rings (SSSR count). The number of hydrogen-bond donors (Lipinski definition) is 2. The van der Waals surface area contributed by atoms with E-state index < -0.39 is 0 Å². The Morgan fingerprint density at radius 2 is 1.65 bits per heavy atom. The number of hydrogen-bond acceptors (Lipinski definition) is 4. The first-order chi connectivity index (χ1) is 12.5. The molecule has 142 valence electrons. The van der Waals surface area contributed by atoms with Crippen molar-refractivity contribution in [1.29, 1.82) is 0 Å². The summed E-state index contributed by atoms with van der Waals surface area (Å²) in [6.45, 7) is 6.17. The van der Waals surface area contributed by atoms with Gasteiger partial charge in [0.25, 0.3) is 0 Å². The Labute approximate surface area is 157 Å². The molecule has 0 heterocycles. The van der Waals surface area contributed by atoms with Crippen molar-refractivity contribution in [3.05, 3.63) is 47.5 Å². The number of nitrogen functional groups attached to an aromatic ring is 2. The SMILES string of the molecule is CCCCCCCC(Oc1ccc(N)c(C)c1)Oc1cccc(C)c1N. The fourth-order valence-electron chi connectivity index (χ4n) is 2.83. The third-order valence-corrected chi connectivity index (χ3v) is 4.59. The lowest BCUT2D eigenvalue weighted by Crippen LogP contribution is -2.24. The molecule has 0 amide bonds. The van der Waals surface area contributed by atoms with Crippen LogP contribution in [0, 0.1) is 13.8 Å². The monoisotopic (exact) mass is 356 g/mol. The van der Waals surface area contributed by atoms with Gasteiger partial charge in [-0.2, -0.15) is 0 Å². The molecule has 4 nitrogen and oxygen atoms in total. The van der Waals surface area contributed by atoms with Crippen LogP contribution in [0.4, 0.5) is 11.4 Å². The fourth-order valence-corrected chi connectivity index (χ4v) is 2.83. The molecule has 0 bridgehead atoms. The van der Waals surface area contributed by atoms with Gasteiger partial charge in [-0.05, 0) is 55.7 Å². The van der Waals surface area contributed by atoms with Gasteiger partial charge in [-0.3, -0.25) is 0 Å². The van der Waals surface area contributed by atoms with Crippen LogP contribution >= 0.6 is 0 Å². The molecule has 2 aromatic carbocycles. The Balaban J connectivity index is 2.07. The number of unbranched alkanes of at least 4 members (excludes halogenated alkanes) is 4. The Morgan fingerprint density at radius 3 is 2.38 bits per heavy atom. The summed E-state index contributed by atoms with van der Waals surface area (Å²) < 4.78 is 12.3. The molecule has 0 saturated carbocycles. The summed E-state index contributed by atoms with van der Waals surface area (Å²) in [5.41, 5.74) is 15.5. The highest BCUT2D eigenvalue weighted by Gasteiger charge is 2.15. The van der Waals surface area contributed by atoms with Crippen LogP contribution in [0.2, 0.25) is 0 Å². The van der Waals surface area contributed by atoms with Gasteiger partial charge >= 0.3 is 0 Å². The predicted molar refractivity (Wildman–Crippen MR) is 110 cm³/mol. The zero-order valence-corrected chi connectivity index (χ0v) is 16.3. The largest absolute Gasteiger partial charge is 0.455 e. The summed E-state index contributed by atoms with van der Waals surface area (Å²) in [6.07, 6.45) is 6.45. The zero-order valence-electron chi connectivity index (χ0n) is 16.3. The predicted octanol–water partition coefficient (Wildman–Crippen LogP) is 5.61. The Hall–Kier alpha value is -2.36. The second-order valence-electron chi connectivity index (χ2n) is 6.87. The molecule has 0 aliphatic carbocycles. The molecule has 0 radical (unpaired) electrons. The van der Waals surface area contributed by atoms with E-state index in [-0.39, 0.29) is 6.29 Å². The molecule has 2 aromatic rings. The molecular formula is C22H32N2O2. The summed E-state index contributed by atoms with van der Waals surface area (Å²) >= 11 is 0. The smallest absolute Gasteiger partial charge is 0.241 e. The van der Waals surface area contributed by atoms with Crippen LogP contribution in [0.15, 0.2) is 36.4 Å². The summed E-state index contributed by atoms with van der Waals surface area (Å²) in [4.78, 5) is 0. The molecule has 0 aromatic heterocycles. The highest BCUT2D eigenvalue weighted by molar-refractivity contribution is 5.57. The molecule has 4 heteroatoms. The average Bonchev–Trinajstić information content (AvgIpc) is 2.61. The summed E-state index contributed by atoms with van der Waals surface area (Å²) in [7, 11) is 0. The van der Waals surface area contributed by atoms with E-state index in [0.29, 0.717) is 11.4 Å². The molecule has 26 heavy (non-hydrogen) atoms. The third-order valence-electron chi connectivity index (χ3n) is 4.59. The van der Waals surface area contributed by atoms with E-state index in [1.165, 1.54) is 25.7 Å². The van der Waals surface area contributed by atoms with E-state index in [4.69, 9.17) is 20.9 Å². The molecule has 0 fully saturated rings. The topological polar surface area (TPSA) is 70.5 Å². The van der Waals surface area contributed by atoms with E-state index in [1.54, 1.807) is 0 Å². The highest BCUT2D eigenvalue weighted by atomic mass is 16.7. The van der Waals surface area contributed by atoms with E-state index in [9.17, 15) is 0 Å². The van der Waals surface area contributed by atoms with Crippen molar-refractivity contribution in [2.24, 2.45) is 0 Å². The van der Waals surface area contributed by atoms with E-state index >= 15 is 0 Å². The van der Waals surface area contributed by atoms with Gasteiger partial charge in [0, 0.05) is 12.1 Å². The van der Waals surface area contributed by atoms with E-state index in [1.807, 2.05) is 50.2 Å². The van der Waals surface area contributed by atoms with E-state index in [0.717, 1.165) is 35.4 Å². The lowest BCUT2D eigenvalue weighted by atomic mass is 10.1. The first-order valence-corrected chi connectivity index (χ1v) is 9.55. The average molecular weight is 357 g/mol. The Bertz CT molecular complexity index is 701. The maximum atomic E-state index is 6.17. The molecular weight excluding hydrogens is 324 g/mol. The van der Waals surface area contributed by atoms with Crippen LogP contribution in [-0.4, -0.2) is 6.29 Å². The fraction of sp³-hybridized carbons (Fsp3) is 0.455. The van der Waals surface area contributed by atoms with Gasteiger partial charge in [-0.15, -0.1) is 0 Å². The van der Waals surface area contributed by atoms with Crippen molar-refractivity contribution in [3.63, 3.8) is 0 Å². The van der Waals surface area contributed by atoms with Crippen LogP contribution in [0.1, 0.15) is 56.6 Å². The number of nitrogens with two attached hydrogens (primary N) is 2. The lowest BCUT2D eigenvalue weighted by Gasteiger charge is -2.22. The summed E-state index contributed by atoms with van der Waals surface area (Å²) in [5.74, 6) is 1.44. The van der Waals surface area contributed by atoms with Crippen LogP contribution in [0.3, 0.4) is 0 Å². The number of para-hydroxylation sites is 1. The quantitative estimate of drug-likeness (QED) is 0.330. The minimum atomic E-state index is -0.372. The first kappa shape index (κ1) is 20.0. The number of ether oxygens (including phenoxy) is 2. The number of anilines is 2. The van der Waals surface area contributed by atoms with Crippen molar-refractivity contribution in [1.82, 2.24) is 0 Å². The van der Waals surface area contributed by atoms with Crippen LogP contribution in [0.25, 0.3) is 0 Å². The second kappa shape index (κ2) is 9.95. The molecule has 0 saturated heterocycles. The molecule has 0 aliphatic rings. The Morgan fingerprint density at radius 1 is 0.885 bits per heavy atom. The van der Waals surface area contributed by atoms with Crippen molar-refractivity contribution >= 4 is 11.4 Å². The minimum absolute atomic E-state index is 0.372. The van der Waals surface area contributed by atoms with Gasteiger partial charge in [-0.1, -0.05) is 44.7 Å². The molecule has 0 aliphatic heterocycles. The number of benzene rings is 2. The minimum Gasteiger partial charge on any atom is -0.455 e. The standard InChI is InChI=1S/C22H32N2O2/c1-4-5-6-7-8-12-21(25-18-13-14-19(23)17(3)15-18)26-20-11-9-10-16(2)22(20)24/h9-11,13-15,21H,4-8,12,23-24H2,1-3H3. The van der Waals surface area contributed by atoms with Gasteiger partial charge in [0.1, 0.15) is 11.5 Å². The molecule has 4 N–H and O–H groups in total. The van der Waals surface area contributed by atoms with Crippen molar-refractivity contribution in [2.45, 2.75) is 65.6 Å². The zero-order chi connectivity index (χ0) is 18.9. The van der Waals surface area contributed by atoms with Crippen LogP contribution < -0.4 is 20.9 Å². The second-order valence-corrected chi connectivity index (χ2v) is 6.87. The normalized spacial score (nSPS) is 12.0. The summed E-state index contributed by atoms with van der Waals surface area (Å²) in [6, 6.07) is 11.5. The Kier molecular flexibility index (Phi) is 7.64. The van der Waals surface area contributed by atoms with Crippen molar-refractivity contribution < 1.29 is 9.47 Å². The maximum absolute atomic E-state index is 6.17. The summed E-state index contributed by atoms with van der Waals surface area (Å²) in [5, 5.41) is 0. The molecule has 1 atom stereocenters. The third kappa shape index (κ3) is 5.87. The first-order valence-electron chi connectivity index (χ1n) is 9.55. The van der Waals surface area contributed by atoms with Gasteiger partial charge in [-0.25, -0.2) is 0 Å². The van der Waals surface area contributed by atoms with Crippen LogP contribution in [0.5, 0.6) is 11.5 Å². The van der Waals surface area contributed by atoms with Gasteiger partial charge in [0.05, 0.1) is 5.69 Å². The van der Waals surface area contributed by atoms with Crippen molar-refractivity contribution in [2.75, 3.05) is 11.5 Å². The van der Waals surface area contributed by atoms with Gasteiger partial charge in [0.15, 0.2) is 0 Å². The maximum Gasteiger partial charge on any atom is 0.241 e. The van der Waals surface area contributed by atoms with Crippen LogP contribution in [-0.2, 0) is 0 Å². The van der Waals surface area contributed by atoms with Crippen molar-refractivity contribution in [3.8, 4) is 11.5 Å². The molecule has 0 spiro atoms. The van der Waals surface area contributed by atoms with E-state index in [2.05, 4.69) is 6.92 Å². The number of aryl methyl sites for hydroxylation is 2. The van der Waals surface area contributed by atoms with Gasteiger partial charge < -0.3 is 20.9 Å². The van der Waals surface area contributed by atoms with Gasteiger partial charge in [0.2, 0.25) is 6.29 Å². The number of rotatable bonds is 10. The highest BCUT2D eigenvalue weighted by Crippen LogP contribution is 2.28. The molecule has 1 unspecified atom stereocenters.